The lowest BCUT2D eigenvalue weighted by molar-refractivity contribution is -0.113. The van der Waals surface area contributed by atoms with Gasteiger partial charge in [-0.1, -0.05) is 66.8 Å². The predicted octanol–water partition coefficient (Wildman–Crippen LogP) is 7.35. The minimum atomic E-state index is -0.128. The maximum Gasteiger partial charge on any atom is 0.270 e. The molecule has 1 saturated heterocycles. The number of thiocarbonyl (C=S) groups is 1. The lowest BCUT2D eigenvalue weighted by Gasteiger charge is -2.14. The minimum absolute atomic E-state index is 0.128. The number of benzene rings is 3. The van der Waals surface area contributed by atoms with Gasteiger partial charge in [-0.2, -0.15) is 5.10 Å². The van der Waals surface area contributed by atoms with Gasteiger partial charge in [0.05, 0.1) is 22.9 Å². The zero-order valence-corrected chi connectivity index (χ0v) is 22.6. The molecular weight excluding hydrogens is 498 g/mol. The minimum Gasteiger partial charge on any atom is -0.493 e. The summed E-state index contributed by atoms with van der Waals surface area (Å²) in [7, 11) is 0. The average Bonchev–Trinajstić information content (AvgIpc) is 3.45. The Labute approximate surface area is 226 Å². The van der Waals surface area contributed by atoms with E-state index < -0.39 is 0 Å². The van der Waals surface area contributed by atoms with Crippen molar-refractivity contribution >= 4 is 46.0 Å². The van der Waals surface area contributed by atoms with Crippen LogP contribution in [0.2, 0.25) is 0 Å². The van der Waals surface area contributed by atoms with Gasteiger partial charge in [-0.25, -0.2) is 4.68 Å². The summed E-state index contributed by atoms with van der Waals surface area (Å²) >= 11 is 6.90. The molecule has 0 aliphatic carbocycles. The van der Waals surface area contributed by atoms with Crippen LogP contribution in [0.25, 0.3) is 23.0 Å². The molecule has 1 fully saturated rings. The van der Waals surface area contributed by atoms with E-state index in [1.54, 1.807) is 4.90 Å². The second-order valence-corrected chi connectivity index (χ2v) is 10.6. The summed E-state index contributed by atoms with van der Waals surface area (Å²) in [6.07, 6.45) is 4.81. The third kappa shape index (κ3) is 5.24. The van der Waals surface area contributed by atoms with E-state index in [-0.39, 0.29) is 5.91 Å². The van der Waals surface area contributed by atoms with Crippen LogP contribution in [-0.2, 0) is 4.79 Å². The van der Waals surface area contributed by atoms with Crippen molar-refractivity contribution in [2.24, 2.45) is 0 Å². The first kappa shape index (κ1) is 25.0. The largest absolute Gasteiger partial charge is 0.493 e. The fourth-order valence-corrected chi connectivity index (χ4v) is 5.42. The Morgan fingerprint density at radius 2 is 1.76 bits per heavy atom. The fourth-order valence-electron chi connectivity index (χ4n) is 4.13. The number of ether oxygens (including phenoxy) is 1. The lowest BCUT2D eigenvalue weighted by Crippen LogP contribution is -2.27. The van der Waals surface area contributed by atoms with E-state index in [9.17, 15) is 4.79 Å². The fraction of sp³-hybridized carbons (Fsp3) is 0.167. The van der Waals surface area contributed by atoms with Crippen molar-refractivity contribution in [3.05, 3.63) is 101 Å². The molecule has 0 saturated carbocycles. The van der Waals surface area contributed by atoms with E-state index in [1.165, 1.54) is 11.8 Å². The molecule has 0 atom stereocenters. The zero-order chi connectivity index (χ0) is 25.9. The Morgan fingerprint density at radius 3 is 2.46 bits per heavy atom. The molecule has 4 aromatic rings. The van der Waals surface area contributed by atoms with E-state index in [4.69, 9.17) is 22.1 Å². The average molecular weight is 526 g/mol. The molecule has 37 heavy (non-hydrogen) atoms. The van der Waals surface area contributed by atoms with Gasteiger partial charge in [-0.05, 0) is 74.4 Å². The molecule has 5 nitrogen and oxygen atoms in total. The van der Waals surface area contributed by atoms with Crippen LogP contribution in [0.3, 0.4) is 0 Å². The standard InChI is InChI=1S/C30H27N3O2S2/c1-4-16-35-26-15-12-22(17-21(26)3)28-23(19-32(31-28)24-8-6-5-7-9-24)18-27-29(34)33(30(36)37-27)25-13-10-20(2)11-14-25/h5-15,17-19H,4,16H2,1-3H3/b27-18-. The third-order valence-electron chi connectivity index (χ3n) is 6.05. The van der Waals surface area contributed by atoms with Crippen LogP contribution in [0, 0.1) is 13.8 Å². The number of carbonyl (C=O) groups excluding carboxylic acids is 1. The smallest absolute Gasteiger partial charge is 0.270 e. The molecule has 7 heteroatoms. The van der Waals surface area contributed by atoms with Gasteiger partial charge in [-0.15, -0.1) is 0 Å². The first-order chi connectivity index (χ1) is 17.9. The number of aryl methyl sites for hydroxylation is 2. The van der Waals surface area contributed by atoms with Gasteiger partial charge < -0.3 is 4.74 Å². The molecular formula is C30H27N3O2S2. The zero-order valence-electron chi connectivity index (χ0n) is 21.0. The van der Waals surface area contributed by atoms with E-state index >= 15 is 0 Å². The number of aromatic nitrogens is 2. The first-order valence-electron chi connectivity index (χ1n) is 12.2. The topological polar surface area (TPSA) is 47.4 Å². The van der Waals surface area contributed by atoms with Crippen LogP contribution in [0.4, 0.5) is 5.69 Å². The maximum atomic E-state index is 13.4. The molecule has 1 aliphatic heterocycles. The van der Waals surface area contributed by atoms with Crippen LogP contribution >= 0.6 is 24.0 Å². The first-order valence-corrected chi connectivity index (χ1v) is 13.4. The number of anilines is 1. The van der Waals surface area contributed by atoms with Gasteiger partial charge in [-0.3, -0.25) is 9.69 Å². The normalized spacial score (nSPS) is 14.6. The SMILES string of the molecule is CCCOc1ccc(-c2nn(-c3ccccc3)cc2/C=C2\SC(=S)N(c3ccc(C)cc3)C2=O)cc1C. The van der Waals surface area contributed by atoms with Crippen LogP contribution in [0.5, 0.6) is 5.75 Å². The van der Waals surface area contributed by atoms with Gasteiger partial charge in [0.1, 0.15) is 11.4 Å². The molecule has 0 spiro atoms. The number of rotatable bonds is 7. The van der Waals surface area contributed by atoms with E-state index in [0.717, 1.165) is 51.5 Å². The summed E-state index contributed by atoms with van der Waals surface area (Å²) in [5.74, 6) is 0.741. The number of nitrogens with zero attached hydrogens (tertiary/aromatic N) is 3. The van der Waals surface area contributed by atoms with Gasteiger partial charge in [0.15, 0.2) is 4.32 Å². The summed E-state index contributed by atoms with van der Waals surface area (Å²) < 4.78 is 8.24. The number of hydrogen-bond acceptors (Lipinski definition) is 5. The molecule has 1 aliphatic rings. The van der Waals surface area contributed by atoms with Gasteiger partial charge in [0.2, 0.25) is 0 Å². The van der Waals surface area contributed by atoms with Crippen molar-refractivity contribution in [2.75, 3.05) is 11.5 Å². The Morgan fingerprint density at radius 1 is 1.00 bits per heavy atom. The Bertz CT molecular complexity index is 1490. The highest BCUT2D eigenvalue weighted by Gasteiger charge is 2.33. The molecule has 5 rings (SSSR count). The van der Waals surface area contributed by atoms with Crippen molar-refractivity contribution in [3.63, 3.8) is 0 Å². The van der Waals surface area contributed by atoms with E-state index in [0.29, 0.717) is 15.8 Å². The summed E-state index contributed by atoms with van der Waals surface area (Å²) in [4.78, 5) is 15.6. The number of para-hydroxylation sites is 1. The number of thioether (sulfide) groups is 1. The quantitative estimate of drug-likeness (QED) is 0.186. The van der Waals surface area contributed by atoms with Crippen LogP contribution in [0.15, 0.2) is 83.9 Å². The van der Waals surface area contributed by atoms with Crippen molar-refractivity contribution in [1.29, 1.82) is 0 Å². The van der Waals surface area contributed by atoms with Gasteiger partial charge in [0, 0.05) is 17.3 Å². The highest BCUT2D eigenvalue weighted by Crippen LogP contribution is 2.38. The summed E-state index contributed by atoms with van der Waals surface area (Å²) in [5.41, 5.74) is 6.46. The van der Waals surface area contributed by atoms with Crippen LogP contribution in [-0.4, -0.2) is 26.6 Å². The lowest BCUT2D eigenvalue weighted by atomic mass is 10.0. The summed E-state index contributed by atoms with van der Waals surface area (Å²) in [5, 5.41) is 4.92. The Balaban J connectivity index is 1.56. The van der Waals surface area contributed by atoms with E-state index in [1.807, 2.05) is 97.5 Å². The number of amides is 1. The highest BCUT2D eigenvalue weighted by atomic mass is 32.2. The van der Waals surface area contributed by atoms with Crippen LogP contribution in [0.1, 0.15) is 30.0 Å². The molecule has 0 radical (unpaired) electrons. The second-order valence-electron chi connectivity index (χ2n) is 8.89. The highest BCUT2D eigenvalue weighted by molar-refractivity contribution is 8.27. The molecule has 2 heterocycles. The number of hydrogen-bond donors (Lipinski definition) is 0. The molecule has 3 aromatic carbocycles. The van der Waals surface area contributed by atoms with Crippen molar-refractivity contribution in [3.8, 4) is 22.7 Å². The molecule has 1 amide bonds. The Hall–Kier alpha value is -3.68. The van der Waals surface area contributed by atoms with Crippen LogP contribution < -0.4 is 9.64 Å². The molecule has 0 bridgehead atoms. The summed E-state index contributed by atoms with van der Waals surface area (Å²) in [6, 6.07) is 23.8. The maximum absolute atomic E-state index is 13.4. The third-order valence-corrected chi connectivity index (χ3v) is 7.35. The monoisotopic (exact) mass is 525 g/mol. The molecule has 186 valence electrons. The van der Waals surface area contributed by atoms with Crippen molar-refractivity contribution in [1.82, 2.24) is 9.78 Å². The molecule has 0 unspecified atom stereocenters. The Kier molecular flexibility index (Phi) is 7.26. The van der Waals surface area contributed by atoms with Gasteiger partial charge in [0.25, 0.3) is 5.91 Å². The van der Waals surface area contributed by atoms with E-state index in [2.05, 4.69) is 13.0 Å². The summed E-state index contributed by atoms with van der Waals surface area (Å²) in [6.45, 7) is 6.82. The molecule has 0 N–H and O–H groups in total. The number of carbonyl (C=O) groups is 1. The second kappa shape index (κ2) is 10.7. The van der Waals surface area contributed by atoms with Gasteiger partial charge >= 0.3 is 0 Å². The van der Waals surface area contributed by atoms with Crippen molar-refractivity contribution < 1.29 is 9.53 Å². The van der Waals surface area contributed by atoms with Crippen molar-refractivity contribution in [2.45, 2.75) is 27.2 Å². The molecule has 1 aromatic heterocycles. The predicted molar refractivity (Wildman–Crippen MR) is 156 cm³/mol.